The second-order valence-corrected chi connectivity index (χ2v) is 5.90. The average Bonchev–Trinajstić information content (AvgIpc) is 3.05. The van der Waals surface area contributed by atoms with Crippen LogP contribution in [0.15, 0.2) is 36.5 Å². The largest absolute Gasteiger partial charge is 0.477 e. The van der Waals surface area contributed by atoms with E-state index in [2.05, 4.69) is 16.0 Å². The predicted molar refractivity (Wildman–Crippen MR) is 86.9 cm³/mol. The number of pyridine rings is 1. The van der Waals surface area contributed by atoms with Crippen LogP contribution in [-0.4, -0.2) is 29.1 Å². The van der Waals surface area contributed by atoms with E-state index in [1.165, 1.54) is 0 Å². The number of aromatic carboxylic acids is 1. The van der Waals surface area contributed by atoms with Gasteiger partial charge in [-0.1, -0.05) is 17.7 Å². The minimum absolute atomic E-state index is 0.0578. The van der Waals surface area contributed by atoms with Crippen molar-refractivity contribution in [2.24, 2.45) is 0 Å². The van der Waals surface area contributed by atoms with E-state index in [9.17, 15) is 4.79 Å². The summed E-state index contributed by atoms with van der Waals surface area (Å²) in [6.45, 7) is 1.70. The predicted octanol–water partition coefficient (Wildman–Crippen LogP) is 3.30. The third-order valence-electron chi connectivity index (χ3n) is 4.10. The van der Waals surface area contributed by atoms with Crippen LogP contribution in [0.25, 0.3) is 0 Å². The third-order valence-corrected chi connectivity index (χ3v) is 4.42. The maximum atomic E-state index is 10.8. The Morgan fingerprint density at radius 1 is 1.39 bits per heavy atom. The van der Waals surface area contributed by atoms with Gasteiger partial charge in [0, 0.05) is 30.9 Å². The molecule has 1 saturated heterocycles. The molecule has 0 aliphatic carbocycles. The second kappa shape index (κ2) is 6.27. The first-order valence-corrected chi connectivity index (χ1v) is 7.60. The number of rotatable bonds is 3. The number of carbonyl (C=O) groups is 1. The van der Waals surface area contributed by atoms with E-state index >= 15 is 0 Å². The molecule has 1 N–H and O–H groups in total. The van der Waals surface area contributed by atoms with Crippen molar-refractivity contribution in [2.45, 2.75) is 12.3 Å². The highest BCUT2D eigenvalue weighted by Crippen LogP contribution is 2.32. The summed E-state index contributed by atoms with van der Waals surface area (Å²) in [5.41, 5.74) is 2.56. The van der Waals surface area contributed by atoms with Crippen molar-refractivity contribution in [2.75, 3.05) is 18.0 Å². The van der Waals surface area contributed by atoms with Gasteiger partial charge < -0.3 is 10.0 Å². The van der Waals surface area contributed by atoms with Gasteiger partial charge in [-0.3, -0.25) is 0 Å². The zero-order chi connectivity index (χ0) is 16.4. The zero-order valence-corrected chi connectivity index (χ0v) is 13.0. The number of benzene rings is 1. The van der Waals surface area contributed by atoms with Gasteiger partial charge in [0.15, 0.2) is 0 Å². The number of carboxylic acids is 1. The van der Waals surface area contributed by atoms with Crippen LogP contribution in [0.4, 0.5) is 5.69 Å². The molecule has 0 spiro atoms. The quantitative estimate of drug-likeness (QED) is 0.936. The lowest BCUT2D eigenvalue weighted by Gasteiger charge is -2.19. The van der Waals surface area contributed by atoms with Gasteiger partial charge in [-0.25, -0.2) is 9.78 Å². The number of aromatic nitrogens is 1. The molecule has 5 nitrogen and oxygen atoms in total. The van der Waals surface area contributed by atoms with Gasteiger partial charge in [-0.15, -0.1) is 0 Å². The molecule has 2 aromatic rings. The highest BCUT2D eigenvalue weighted by molar-refractivity contribution is 6.32. The summed E-state index contributed by atoms with van der Waals surface area (Å²) in [5.74, 6) is -0.711. The Bertz CT molecular complexity index is 783. The molecule has 1 fully saturated rings. The number of hydrogen-bond acceptors (Lipinski definition) is 4. The Hall–Kier alpha value is -2.58. The molecule has 6 heteroatoms. The highest BCUT2D eigenvalue weighted by atomic mass is 35.5. The SMILES string of the molecule is N#Cc1ccc(N2CCC(c3ccc(C(=O)O)nc3)C2)cc1Cl. The van der Waals surface area contributed by atoms with Crippen LogP contribution in [-0.2, 0) is 0 Å². The van der Waals surface area contributed by atoms with Crippen LogP contribution in [0.2, 0.25) is 5.02 Å². The topological polar surface area (TPSA) is 77.2 Å². The van der Waals surface area contributed by atoms with Crippen LogP contribution < -0.4 is 4.90 Å². The molecule has 3 rings (SSSR count). The van der Waals surface area contributed by atoms with Crippen molar-refractivity contribution in [1.82, 2.24) is 4.98 Å². The molecular formula is C17H14ClN3O2. The molecule has 1 aromatic carbocycles. The molecule has 0 radical (unpaired) electrons. The summed E-state index contributed by atoms with van der Waals surface area (Å²) in [6.07, 6.45) is 2.61. The number of hydrogen-bond donors (Lipinski definition) is 1. The Morgan fingerprint density at radius 3 is 2.83 bits per heavy atom. The van der Waals surface area contributed by atoms with Crippen LogP contribution in [0.5, 0.6) is 0 Å². The van der Waals surface area contributed by atoms with Crippen LogP contribution in [0.1, 0.15) is 34.0 Å². The molecule has 0 bridgehead atoms. The van der Waals surface area contributed by atoms with E-state index in [-0.39, 0.29) is 5.69 Å². The Kier molecular flexibility index (Phi) is 4.18. The van der Waals surface area contributed by atoms with E-state index in [0.717, 1.165) is 30.8 Å². The first kappa shape index (κ1) is 15.3. The van der Waals surface area contributed by atoms with Crippen LogP contribution >= 0.6 is 11.6 Å². The molecule has 23 heavy (non-hydrogen) atoms. The fourth-order valence-electron chi connectivity index (χ4n) is 2.83. The standard InChI is InChI=1S/C17H14ClN3O2/c18-15-7-14(3-1-11(15)8-19)21-6-5-13(10-21)12-2-4-16(17(22)23)20-9-12/h1-4,7,9,13H,5-6,10H2,(H,22,23). The van der Waals surface area contributed by atoms with Crippen molar-refractivity contribution in [1.29, 1.82) is 5.26 Å². The minimum atomic E-state index is -1.02. The average molecular weight is 328 g/mol. The molecule has 0 amide bonds. The molecule has 1 aromatic heterocycles. The monoisotopic (exact) mass is 327 g/mol. The van der Waals surface area contributed by atoms with E-state index in [1.807, 2.05) is 18.2 Å². The van der Waals surface area contributed by atoms with Crippen LogP contribution in [0.3, 0.4) is 0 Å². The summed E-state index contributed by atoms with van der Waals surface area (Å²) in [5, 5.41) is 18.3. The van der Waals surface area contributed by atoms with Gasteiger partial charge in [0.05, 0.1) is 10.6 Å². The van der Waals surface area contributed by atoms with Gasteiger partial charge in [0.1, 0.15) is 11.8 Å². The van der Waals surface area contributed by atoms with Crippen molar-refractivity contribution in [3.63, 3.8) is 0 Å². The van der Waals surface area contributed by atoms with Gasteiger partial charge in [0.2, 0.25) is 0 Å². The molecule has 116 valence electrons. The normalized spacial score (nSPS) is 17.0. The molecule has 0 saturated carbocycles. The van der Waals surface area contributed by atoms with Gasteiger partial charge in [-0.2, -0.15) is 5.26 Å². The molecule has 1 unspecified atom stereocenters. The number of nitriles is 1. The number of nitrogens with zero attached hydrogens (tertiary/aromatic N) is 3. The fourth-order valence-corrected chi connectivity index (χ4v) is 3.05. The molecule has 1 aliphatic rings. The van der Waals surface area contributed by atoms with E-state index < -0.39 is 5.97 Å². The number of halogens is 1. The third kappa shape index (κ3) is 3.13. The van der Waals surface area contributed by atoms with Crippen molar-refractivity contribution in [3.8, 4) is 6.07 Å². The van der Waals surface area contributed by atoms with Gasteiger partial charge in [0.25, 0.3) is 0 Å². The maximum absolute atomic E-state index is 10.8. The van der Waals surface area contributed by atoms with Crippen molar-refractivity contribution >= 4 is 23.3 Å². The molecule has 1 atom stereocenters. The van der Waals surface area contributed by atoms with E-state index in [0.29, 0.717) is 16.5 Å². The minimum Gasteiger partial charge on any atom is -0.477 e. The molecular weight excluding hydrogens is 314 g/mol. The maximum Gasteiger partial charge on any atom is 0.354 e. The Labute approximate surface area is 138 Å². The number of carboxylic acid groups (broad SMARTS) is 1. The first-order chi connectivity index (χ1) is 11.1. The summed E-state index contributed by atoms with van der Waals surface area (Å²) in [7, 11) is 0. The fraction of sp³-hybridized carbons (Fsp3) is 0.235. The summed E-state index contributed by atoms with van der Waals surface area (Å²) in [4.78, 5) is 17.0. The Balaban J connectivity index is 1.74. The Morgan fingerprint density at radius 2 is 2.22 bits per heavy atom. The smallest absolute Gasteiger partial charge is 0.354 e. The van der Waals surface area contributed by atoms with E-state index in [1.54, 1.807) is 18.3 Å². The first-order valence-electron chi connectivity index (χ1n) is 7.22. The van der Waals surface area contributed by atoms with Gasteiger partial charge >= 0.3 is 5.97 Å². The summed E-state index contributed by atoms with van der Waals surface area (Å²) in [6, 6.07) is 10.9. The van der Waals surface area contributed by atoms with Crippen LogP contribution in [0, 0.1) is 11.3 Å². The summed E-state index contributed by atoms with van der Waals surface area (Å²) >= 11 is 6.09. The van der Waals surface area contributed by atoms with Gasteiger partial charge in [-0.05, 0) is 36.2 Å². The van der Waals surface area contributed by atoms with Crippen molar-refractivity contribution in [3.05, 3.63) is 58.4 Å². The summed E-state index contributed by atoms with van der Waals surface area (Å²) < 4.78 is 0. The van der Waals surface area contributed by atoms with E-state index in [4.69, 9.17) is 22.0 Å². The number of anilines is 1. The lowest BCUT2D eigenvalue weighted by molar-refractivity contribution is 0.0690. The van der Waals surface area contributed by atoms with Crippen molar-refractivity contribution < 1.29 is 9.90 Å². The lowest BCUT2D eigenvalue weighted by Crippen LogP contribution is -2.19. The second-order valence-electron chi connectivity index (χ2n) is 5.49. The zero-order valence-electron chi connectivity index (χ0n) is 12.2. The highest BCUT2D eigenvalue weighted by Gasteiger charge is 2.25. The molecule has 1 aliphatic heterocycles. The molecule has 2 heterocycles. The lowest BCUT2D eigenvalue weighted by atomic mass is 10.0.